The van der Waals surface area contributed by atoms with Gasteiger partial charge in [0.25, 0.3) is 0 Å². The van der Waals surface area contributed by atoms with Crippen molar-refractivity contribution >= 4 is 0 Å². The molecule has 0 saturated carbocycles. The quantitative estimate of drug-likeness (QED) is 0.293. The molecule has 194 valence electrons. The molecule has 1 aliphatic heterocycles. The first-order valence-corrected chi connectivity index (χ1v) is 12.4. The van der Waals surface area contributed by atoms with Crippen molar-refractivity contribution in [3.05, 3.63) is 89.7 Å². The minimum Gasteiger partial charge on any atom is -0.497 e. The number of allylic oxidation sites excluding steroid dienone is 2. The van der Waals surface area contributed by atoms with E-state index in [1.54, 1.807) is 38.3 Å². The monoisotopic (exact) mass is 494 g/mol. The van der Waals surface area contributed by atoms with Crippen molar-refractivity contribution in [2.24, 2.45) is 0 Å². The Balaban J connectivity index is 2.30. The van der Waals surface area contributed by atoms with Crippen molar-refractivity contribution in [1.29, 1.82) is 0 Å². The minimum atomic E-state index is -1.57. The highest BCUT2D eigenvalue weighted by molar-refractivity contribution is 5.61. The average molecular weight is 495 g/mol. The number of hydrogen-bond acceptors (Lipinski definition) is 6. The van der Waals surface area contributed by atoms with Gasteiger partial charge in [0.1, 0.15) is 28.6 Å². The second-order valence-corrected chi connectivity index (χ2v) is 8.80. The summed E-state index contributed by atoms with van der Waals surface area (Å²) >= 11 is 0. The molecule has 2 aromatic rings. The third-order valence-corrected chi connectivity index (χ3v) is 6.69. The van der Waals surface area contributed by atoms with E-state index in [1.807, 2.05) is 57.2 Å². The van der Waals surface area contributed by atoms with Crippen LogP contribution in [0.4, 0.5) is 0 Å². The number of fused-ring (bicyclic) bond motifs is 1. The lowest BCUT2D eigenvalue weighted by Gasteiger charge is -2.45. The van der Waals surface area contributed by atoms with Crippen LogP contribution < -0.4 is 14.2 Å². The molecule has 3 unspecified atom stereocenters. The molecule has 2 aromatic carbocycles. The number of hydrogen-bond donors (Lipinski definition) is 2. The van der Waals surface area contributed by atoms with Crippen molar-refractivity contribution in [2.45, 2.75) is 51.2 Å². The average Bonchev–Trinajstić information content (AvgIpc) is 3.11. The van der Waals surface area contributed by atoms with Gasteiger partial charge in [0.15, 0.2) is 5.60 Å². The van der Waals surface area contributed by atoms with Crippen molar-refractivity contribution in [3.8, 4) is 17.2 Å². The molecule has 1 aliphatic rings. The molecule has 0 bridgehead atoms. The zero-order valence-corrected chi connectivity index (χ0v) is 21.9. The third-order valence-electron chi connectivity index (χ3n) is 6.69. The summed E-state index contributed by atoms with van der Waals surface area (Å²) in [6.45, 7) is 12.6. The van der Waals surface area contributed by atoms with Crippen LogP contribution >= 0.6 is 0 Å². The number of aliphatic hydroxyl groups excluding tert-OH is 1. The van der Waals surface area contributed by atoms with Gasteiger partial charge in [-0.3, -0.25) is 0 Å². The normalized spacial score (nSPS) is 22.1. The molecule has 0 fully saturated rings. The Morgan fingerprint density at radius 3 is 2.39 bits per heavy atom. The topological polar surface area (TPSA) is 77.4 Å². The first-order valence-electron chi connectivity index (χ1n) is 12.4. The van der Waals surface area contributed by atoms with E-state index in [1.165, 1.54) is 0 Å². The van der Waals surface area contributed by atoms with E-state index < -0.39 is 17.1 Å². The van der Waals surface area contributed by atoms with Crippen LogP contribution in [-0.2, 0) is 10.3 Å². The highest BCUT2D eigenvalue weighted by Crippen LogP contribution is 2.60. The summed E-state index contributed by atoms with van der Waals surface area (Å²) in [5.41, 5.74) is -0.964. The Labute approximate surface area is 214 Å². The van der Waals surface area contributed by atoms with Crippen LogP contribution in [0.5, 0.6) is 17.2 Å². The number of methoxy groups -OCH3 is 1. The molecule has 3 atom stereocenters. The molecule has 6 nitrogen and oxygen atoms in total. The fraction of sp³-hybridized carbons (Fsp3) is 0.400. The van der Waals surface area contributed by atoms with Crippen molar-refractivity contribution < 1.29 is 29.2 Å². The Kier molecular flexibility index (Phi) is 8.88. The molecule has 0 aromatic heterocycles. The highest BCUT2D eigenvalue weighted by atomic mass is 16.5. The van der Waals surface area contributed by atoms with Crippen LogP contribution in [-0.4, -0.2) is 42.7 Å². The lowest BCUT2D eigenvalue weighted by molar-refractivity contribution is -0.0968. The maximum absolute atomic E-state index is 12.4. The summed E-state index contributed by atoms with van der Waals surface area (Å²) < 4.78 is 23.9. The van der Waals surface area contributed by atoms with Crippen molar-refractivity contribution in [1.82, 2.24) is 0 Å². The smallest absolute Gasteiger partial charge is 0.173 e. The molecule has 2 N–H and O–H groups in total. The van der Waals surface area contributed by atoms with Gasteiger partial charge in [-0.2, -0.15) is 0 Å². The second-order valence-electron chi connectivity index (χ2n) is 8.80. The first-order chi connectivity index (χ1) is 17.3. The lowest BCUT2D eigenvalue weighted by atomic mass is 9.65. The van der Waals surface area contributed by atoms with Crippen LogP contribution in [0.3, 0.4) is 0 Å². The third kappa shape index (κ3) is 4.88. The number of benzene rings is 2. The van der Waals surface area contributed by atoms with Gasteiger partial charge in [-0.1, -0.05) is 43.0 Å². The van der Waals surface area contributed by atoms with Crippen LogP contribution in [0.1, 0.15) is 51.2 Å². The highest BCUT2D eigenvalue weighted by Gasteiger charge is 2.63. The Hall–Kier alpha value is -3.22. The van der Waals surface area contributed by atoms with Gasteiger partial charge in [-0.05, 0) is 57.4 Å². The summed E-state index contributed by atoms with van der Waals surface area (Å²) in [6, 6.07) is 13.3. The zero-order chi connectivity index (χ0) is 26.3. The van der Waals surface area contributed by atoms with Gasteiger partial charge in [0.05, 0.1) is 25.9 Å². The molecular weight excluding hydrogens is 456 g/mol. The number of ether oxygens (including phenoxy) is 4. The predicted molar refractivity (Wildman–Crippen MR) is 142 cm³/mol. The van der Waals surface area contributed by atoms with Gasteiger partial charge in [-0.25, -0.2) is 0 Å². The largest absolute Gasteiger partial charge is 0.497 e. The molecule has 0 amide bonds. The summed E-state index contributed by atoms with van der Waals surface area (Å²) in [4.78, 5) is 0. The molecule has 0 radical (unpaired) electrons. The maximum Gasteiger partial charge on any atom is 0.173 e. The summed E-state index contributed by atoms with van der Waals surface area (Å²) in [5.74, 6) is 1.74. The van der Waals surface area contributed by atoms with Crippen molar-refractivity contribution in [3.63, 3.8) is 0 Å². The fourth-order valence-corrected chi connectivity index (χ4v) is 5.12. The van der Waals surface area contributed by atoms with Crippen LogP contribution in [0, 0.1) is 0 Å². The molecule has 3 rings (SSSR count). The number of aliphatic hydroxyl groups is 2. The van der Waals surface area contributed by atoms with E-state index in [0.717, 1.165) is 5.56 Å². The SMILES string of the molecule is C=C(/C=C\C(=C/C)OC)C1(C(CCO)c2ccccc2)Oc2cc(OCC)cc(OCC)c2C1(C)O. The van der Waals surface area contributed by atoms with E-state index in [0.29, 0.717) is 53.8 Å². The van der Waals surface area contributed by atoms with E-state index in [4.69, 9.17) is 18.9 Å². The van der Waals surface area contributed by atoms with Gasteiger partial charge in [0.2, 0.25) is 0 Å². The summed E-state index contributed by atoms with van der Waals surface area (Å²) in [6.07, 6.45) is 5.77. The Morgan fingerprint density at radius 1 is 1.11 bits per heavy atom. The van der Waals surface area contributed by atoms with Gasteiger partial charge in [0, 0.05) is 24.7 Å². The summed E-state index contributed by atoms with van der Waals surface area (Å²) in [5, 5.41) is 22.6. The Morgan fingerprint density at radius 2 is 1.81 bits per heavy atom. The molecule has 0 saturated heterocycles. The zero-order valence-electron chi connectivity index (χ0n) is 21.9. The van der Waals surface area contributed by atoms with Crippen LogP contribution in [0.2, 0.25) is 0 Å². The number of rotatable bonds is 12. The second kappa shape index (κ2) is 11.7. The van der Waals surface area contributed by atoms with Gasteiger partial charge >= 0.3 is 0 Å². The van der Waals surface area contributed by atoms with E-state index in [9.17, 15) is 10.2 Å². The molecule has 1 heterocycles. The molecule has 0 aliphatic carbocycles. The first kappa shape index (κ1) is 27.4. The molecule has 6 heteroatoms. The van der Waals surface area contributed by atoms with Crippen LogP contribution in [0.15, 0.2) is 78.6 Å². The standard InChI is InChI=1S/C30H38O6/c1-7-23(33-6)16-15-21(4)30(25(17-18-31)22-13-11-10-12-14-22)29(5,32)28-26(35-9-3)19-24(34-8-2)20-27(28)36-30/h7,10-16,19-20,25,31-32H,4,8-9,17-18H2,1-3,5-6H3/b16-15-,23-7+. The van der Waals surface area contributed by atoms with Crippen molar-refractivity contribution in [2.75, 3.05) is 26.9 Å². The van der Waals surface area contributed by atoms with E-state index >= 15 is 0 Å². The van der Waals surface area contributed by atoms with Gasteiger partial charge in [-0.15, -0.1) is 0 Å². The maximum atomic E-state index is 12.4. The Bertz CT molecular complexity index is 1100. The fourth-order valence-electron chi connectivity index (χ4n) is 5.12. The predicted octanol–water partition coefficient (Wildman–Crippen LogP) is 5.65. The van der Waals surface area contributed by atoms with Gasteiger partial charge < -0.3 is 29.2 Å². The van der Waals surface area contributed by atoms with E-state index in [-0.39, 0.29) is 6.61 Å². The lowest BCUT2D eigenvalue weighted by Crippen LogP contribution is -2.55. The molecule has 0 spiro atoms. The summed E-state index contributed by atoms with van der Waals surface area (Å²) in [7, 11) is 1.60. The van der Waals surface area contributed by atoms with Crippen LogP contribution in [0.25, 0.3) is 0 Å². The van der Waals surface area contributed by atoms with E-state index in [2.05, 4.69) is 6.58 Å². The molecule has 36 heavy (non-hydrogen) atoms. The minimum absolute atomic E-state index is 0.102. The molecular formula is C30H38O6.